The maximum absolute atomic E-state index is 12.5. The highest BCUT2D eigenvalue weighted by molar-refractivity contribution is 6.02. The summed E-state index contributed by atoms with van der Waals surface area (Å²) in [5, 5.41) is 10.7. The van der Waals surface area contributed by atoms with Gasteiger partial charge in [-0.05, 0) is 55.3 Å². The first kappa shape index (κ1) is 18.3. The quantitative estimate of drug-likeness (QED) is 0.689. The van der Waals surface area contributed by atoms with Gasteiger partial charge in [0.15, 0.2) is 5.69 Å². The van der Waals surface area contributed by atoms with Crippen molar-refractivity contribution in [2.24, 2.45) is 0 Å². The second kappa shape index (κ2) is 8.71. The van der Waals surface area contributed by atoms with Crippen molar-refractivity contribution < 1.29 is 9.53 Å². The lowest BCUT2D eigenvalue weighted by atomic mass is 10.1. The van der Waals surface area contributed by atoms with Crippen LogP contribution in [0.25, 0.3) is 0 Å². The maximum atomic E-state index is 12.5. The van der Waals surface area contributed by atoms with Gasteiger partial charge in [-0.2, -0.15) is 5.10 Å². The zero-order chi connectivity index (χ0) is 19.2. The molecule has 1 aliphatic rings. The smallest absolute Gasteiger partial charge is 0.276 e. The van der Waals surface area contributed by atoms with E-state index in [1.807, 2.05) is 65.5 Å². The summed E-state index contributed by atoms with van der Waals surface area (Å²) in [6, 6.07) is 19.4. The number of piperidine rings is 1. The molecule has 1 atom stereocenters. The van der Waals surface area contributed by atoms with Crippen LogP contribution in [-0.4, -0.2) is 28.8 Å². The van der Waals surface area contributed by atoms with Gasteiger partial charge in [-0.15, -0.1) is 0 Å². The number of benzene rings is 2. The van der Waals surface area contributed by atoms with E-state index in [0.717, 1.165) is 42.9 Å². The van der Waals surface area contributed by atoms with E-state index in [9.17, 15) is 4.79 Å². The highest BCUT2D eigenvalue weighted by Gasteiger charge is 2.17. The van der Waals surface area contributed by atoms with Crippen molar-refractivity contribution in [1.82, 2.24) is 15.1 Å². The second-order valence-electron chi connectivity index (χ2n) is 6.93. The SMILES string of the molecule is O=C(Nc1ccc(COc2ccccc2)cc1)c1ccn(C2CCCNC2)n1. The Balaban J connectivity index is 1.32. The van der Waals surface area contributed by atoms with Gasteiger partial charge in [0.2, 0.25) is 0 Å². The van der Waals surface area contributed by atoms with Crippen LogP contribution in [0.1, 0.15) is 34.9 Å². The lowest BCUT2D eigenvalue weighted by Crippen LogP contribution is -2.32. The molecule has 2 heterocycles. The molecule has 1 amide bonds. The topological polar surface area (TPSA) is 68.2 Å². The molecule has 3 aromatic rings. The van der Waals surface area contributed by atoms with E-state index in [4.69, 9.17) is 4.74 Å². The van der Waals surface area contributed by atoms with Gasteiger partial charge >= 0.3 is 0 Å². The number of nitrogens with zero attached hydrogens (tertiary/aromatic N) is 2. The van der Waals surface area contributed by atoms with E-state index in [2.05, 4.69) is 15.7 Å². The molecule has 2 aromatic carbocycles. The number of hydrogen-bond donors (Lipinski definition) is 2. The number of aromatic nitrogens is 2. The monoisotopic (exact) mass is 376 g/mol. The van der Waals surface area contributed by atoms with E-state index >= 15 is 0 Å². The Kier molecular flexibility index (Phi) is 5.68. The number of rotatable bonds is 6. The second-order valence-corrected chi connectivity index (χ2v) is 6.93. The Morgan fingerprint density at radius 1 is 1.14 bits per heavy atom. The number of nitrogens with one attached hydrogen (secondary N) is 2. The van der Waals surface area contributed by atoms with Crippen LogP contribution in [0.5, 0.6) is 5.75 Å². The molecule has 1 aromatic heterocycles. The highest BCUT2D eigenvalue weighted by atomic mass is 16.5. The van der Waals surface area contributed by atoms with Crippen LogP contribution in [0, 0.1) is 0 Å². The molecule has 1 aliphatic heterocycles. The number of para-hydroxylation sites is 1. The first-order valence-electron chi connectivity index (χ1n) is 9.62. The molecular weight excluding hydrogens is 352 g/mol. The fraction of sp³-hybridized carbons (Fsp3) is 0.273. The molecule has 0 aliphatic carbocycles. The van der Waals surface area contributed by atoms with E-state index < -0.39 is 0 Å². The molecule has 0 spiro atoms. The molecule has 2 N–H and O–H groups in total. The van der Waals surface area contributed by atoms with Gasteiger partial charge < -0.3 is 15.4 Å². The van der Waals surface area contributed by atoms with Gasteiger partial charge in [-0.1, -0.05) is 30.3 Å². The Morgan fingerprint density at radius 3 is 2.71 bits per heavy atom. The number of hydrogen-bond acceptors (Lipinski definition) is 4. The largest absolute Gasteiger partial charge is 0.489 e. The Bertz CT molecular complexity index is 900. The summed E-state index contributed by atoms with van der Waals surface area (Å²) in [7, 11) is 0. The molecular formula is C22H24N4O2. The number of amides is 1. The van der Waals surface area contributed by atoms with Gasteiger partial charge in [0.05, 0.1) is 6.04 Å². The van der Waals surface area contributed by atoms with Crippen LogP contribution in [0.2, 0.25) is 0 Å². The van der Waals surface area contributed by atoms with Gasteiger partial charge in [0, 0.05) is 18.4 Å². The molecule has 0 saturated carbocycles. The van der Waals surface area contributed by atoms with Crippen molar-refractivity contribution in [1.29, 1.82) is 0 Å². The predicted octanol–water partition coefficient (Wildman–Crippen LogP) is 3.64. The molecule has 6 nitrogen and oxygen atoms in total. The highest BCUT2D eigenvalue weighted by Crippen LogP contribution is 2.17. The van der Waals surface area contributed by atoms with Crippen LogP contribution < -0.4 is 15.4 Å². The van der Waals surface area contributed by atoms with Crippen molar-refractivity contribution in [3.05, 3.63) is 78.1 Å². The summed E-state index contributed by atoms with van der Waals surface area (Å²) in [6.07, 6.45) is 4.10. The molecule has 1 fully saturated rings. The summed E-state index contributed by atoms with van der Waals surface area (Å²) in [5.74, 6) is 0.638. The Morgan fingerprint density at radius 2 is 1.96 bits per heavy atom. The molecule has 6 heteroatoms. The van der Waals surface area contributed by atoms with Crippen LogP contribution in [-0.2, 0) is 6.61 Å². The minimum absolute atomic E-state index is 0.198. The van der Waals surface area contributed by atoms with Crippen LogP contribution in [0.4, 0.5) is 5.69 Å². The first-order chi connectivity index (χ1) is 13.8. The summed E-state index contributed by atoms with van der Waals surface area (Å²) in [5.41, 5.74) is 2.21. The lowest BCUT2D eigenvalue weighted by molar-refractivity contribution is 0.102. The zero-order valence-electron chi connectivity index (χ0n) is 15.7. The zero-order valence-corrected chi connectivity index (χ0v) is 15.7. The molecule has 1 saturated heterocycles. The molecule has 0 radical (unpaired) electrons. The Hall–Kier alpha value is -3.12. The molecule has 144 valence electrons. The van der Waals surface area contributed by atoms with Gasteiger partial charge in [0.25, 0.3) is 5.91 Å². The van der Waals surface area contributed by atoms with Crippen molar-refractivity contribution in [2.75, 3.05) is 18.4 Å². The van der Waals surface area contributed by atoms with Crippen molar-refractivity contribution in [2.45, 2.75) is 25.5 Å². The average Bonchev–Trinajstić information content (AvgIpc) is 3.25. The van der Waals surface area contributed by atoms with Crippen molar-refractivity contribution in [3.8, 4) is 5.75 Å². The third-order valence-electron chi connectivity index (χ3n) is 4.85. The lowest BCUT2D eigenvalue weighted by Gasteiger charge is -2.22. The summed E-state index contributed by atoms with van der Waals surface area (Å²) in [4.78, 5) is 12.5. The number of carbonyl (C=O) groups is 1. The molecule has 0 bridgehead atoms. The Labute approximate surface area is 164 Å². The summed E-state index contributed by atoms with van der Waals surface area (Å²) in [6.45, 7) is 2.44. The average molecular weight is 376 g/mol. The minimum Gasteiger partial charge on any atom is -0.489 e. The fourth-order valence-electron chi connectivity index (χ4n) is 3.28. The number of ether oxygens (including phenoxy) is 1. The van der Waals surface area contributed by atoms with Crippen LogP contribution in [0.3, 0.4) is 0 Å². The third-order valence-corrected chi connectivity index (χ3v) is 4.85. The van der Waals surface area contributed by atoms with E-state index in [0.29, 0.717) is 18.3 Å². The minimum atomic E-state index is -0.198. The summed E-state index contributed by atoms with van der Waals surface area (Å²) >= 11 is 0. The van der Waals surface area contributed by atoms with E-state index in [1.54, 1.807) is 6.07 Å². The third kappa shape index (κ3) is 4.58. The van der Waals surface area contributed by atoms with Crippen LogP contribution >= 0.6 is 0 Å². The van der Waals surface area contributed by atoms with Gasteiger partial charge in [-0.3, -0.25) is 9.48 Å². The van der Waals surface area contributed by atoms with Crippen molar-refractivity contribution >= 4 is 11.6 Å². The molecule has 28 heavy (non-hydrogen) atoms. The summed E-state index contributed by atoms with van der Waals surface area (Å²) < 4.78 is 7.63. The maximum Gasteiger partial charge on any atom is 0.276 e. The first-order valence-corrected chi connectivity index (χ1v) is 9.62. The predicted molar refractivity (Wildman–Crippen MR) is 109 cm³/mol. The number of anilines is 1. The normalized spacial score (nSPS) is 16.5. The van der Waals surface area contributed by atoms with Crippen molar-refractivity contribution in [3.63, 3.8) is 0 Å². The number of carbonyl (C=O) groups excluding carboxylic acids is 1. The van der Waals surface area contributed by atoms with Crippen LogP contribution in [0.15, 0.2) is 66.9 Å². The van der Waals surface area contributed by atoms with E-state index in [1.165, 1.54) is 0 Å². The molecule has 4 rings (SSSR count). The van der Waals surface area contributed by atoms with Gasteiger partial charge in [0.1, 0.15) is 12.4 Å². The van der Waals surface area contributed by atoms with E-state index in [-0.39, 0.29) is 5.91 Å². The molecule has 1 unspecified atom stereocenters. The van der Waals surface area contributed by atoms with Gasteiger partial charge in [-0.25, -0.2) is 0 Å². The fourth-order valence-corrected chi connectivity index (χ4v) is 3.28. The standard InChI is InChI=1S/C22H24N4O2/c27-22(21-12-14-26(25-21)19-5-4-13-23-15-19)24-18-10-8-17(9-11-18)16-28-20-6-2-1-3-7-20/h1-3,6-12,14,19,23H,4-5,13,15-16H2,(H,24,27).